The molecule has 112 valence electrons. The lowest BCUT2D eigenvalue weighted by Gasteiger charge is -2.25. The van der Waals surface area contributed by atoms with Gasteiger partial charge in [-0.1, -0.05) is 12.1 Å². The van der Waals surface area contributed by atoms with Gasteiger partial charge in [0.15, 0.2) is 0 Å². The fraction of sp³-hybridized carbons (Fsp3) is 0.500. The number of amides is 2. The van der Waals surface area contributed by atoms with Crippen molar-refractivity contribution in [1.82, 2.24) is 10.2 Å². The van der Waals surface area contributed by atoms with Crippen molar-refractivity contribution in [2.45, 2.75) is 25.3 Å². The van der Waals surface area contributed by atoms with Crippen molar-refractivity contribution < 1.29 is 14.0 Å². The van der Waals surface area contributed by atoms with Crippen LogP contribution in [0.4, 0.5) is 4.39 Å². The third-order valence-corrected chi connectivity index (χ3v) is 4.38. The number of nitrogens with zero attached hydrogens (tertiary/aromatic N) is 1. The highest BCUT2D eigenvalue weighted by molar-refractivity contribution is 5.90. The second-order valence-corrected chi connectivity index (χ2v) is 6.00. The van der Waals surface area contributed by atoms with E-state index in [2.05, 4.69) is 5.32 Å². The standard InChI is InChI=1S/C16H19FN2O2/c1-19-14(20)8-13(16(21)18-9-10-5-6-10)15(19)11-3-2-4-12(17)7-11/h2-4,7,10,13,15H,5-6,8-9H2,1H3,(H,18,21)/t13-,15+/m1/s1. The molecular formula is C16H19FN2O2. The fourth-order valence-electron chi connectivity index (χ4n) is 2.95. The highest BCUT2D eigenvalue weighted by atomic mass is 19.1. The van der Waals surface area contributed by atoms with Crippen molar-refractivity contribution in [1.29, 1.82) is 0 Å². The van der Waals surface area contributed by atoms with Crippen LogP contribution in [0, 0.1) is 17.7 Å². The van der Waals surface area contributed by atoms with E-state index in [1.807, 2.05) is 0 Å². The van der Waals surface area contributed by atoms with E-state index in [1.54, 1.807) is 24.1 Å². The number of carbonyl (C=O) groups excluding carboxylic acids is 2. The Morgan fingerprint density at radius 1 is 1.43 bits per heavy atom. The second-order valence-electron chi connectivity index (χ2n) is 6.00. The maximum atomic E-state index is 13.4. The number of hydrogen-bond acceptors (Lipinski definition) is 2. The lowest BCUT2D eigenvalue weighted by atomic mass is 9.93. The summed E-state index contributed by atoms with van der Waals surface area (Å²) < 4.78 is 13.4. The van der Waals surface area contributed by atoms with Crippen molar-refractivity contribution in [3.8, 4) is 0 Å². The van der Waals surface area contributed by atoms with Gasteiger partial charge in [0.05, 0.1) is 12.0 Å². The SMILES string of the molecule is CN1C(=O)C[C@@H](C(=O)NCC2CC2)[C@@H]1c1cccc(F)c1. The van der Waals surface area contributed by atoms with Gasteiger partial charge in [-0.15, -0.1) is 0 Å². The first-order chi connectivity index (χ1) is 10.1. The first-order valence-corrected chi connectivity index (χ1v) is 7.35. The Morgan fingerprint density at radius 3 is 2.86 bits per heavy atom. The largest absolute Gasteiger partial charge is 0.355 e. The van der Waals surface area contributed by atoms with Gasteiger partial charge >= 0.3 is 0 Å². The molecular weight excluding hydrogens is 271 g/mol. The fourth-order valence-corrected chi connectivity index (χ4v) is 2.95. The molecule has 1 heterocycles. The predicted molar refractivity (Wildman–Crippen MR) is 75.8 cm³/mol. The topological polar surface area (TPSA) is 49.4 Å². The summed E-state index contributed by atoms with van der Waals surface area (Å²) in [6.07, 6.45) is 2.52. The molecule has 0 spiro atoms. The summed E-state index contributed by atoms with van der Waals surface area (Å²) in [6, 6.07) is 5.76. The van der Waals surface area contributed by atoms with Crippen LogP contribution in [0.3, 0.4) is 0 Å². The van der Waals surface area contributed by atoms with Gasteiger partial charge in [-0.25, -0.2) is 4.39 Å². The molecule has 1 aliphatic heterocycles. The summed E-state index contributed by atoms with van der Waals surface area (Å²) in [4.78, 5) is 25.9. The Labute approximate surface area is 123 Å². The van der Waals surface area contributed by atoms with Crippen LogP contribution in [0.15, 0.2) is 24.3 Å². The number of hydrogen-bond donors (Lipinski definition) is 1. The smallest absolute Gasteiger partial charge is 0.226 e. The van der Waals surface area contributed by atoms with Crippen molar-refractivity contribution in [3.63, 3.8) is 0 Å². The number of benzene rings is 1. The minimum atomic E-state index is -0.442. The zero-order chi connectivity index (χ0) is 15.0. The van der Waals surface area contributed by atoms with Gasteiger partial charge in [-0.2, -0.15) is 0 Å². The van der Waals surface area contributed by atoms with E-state index < -0.39 is 5.92 Å². The van der Waals surface area contributed by atoms with Gasteiger partial charge in [-0.05, 0) is 36.5 Å². The van der Waals surface area contributed by atoms with Crippen LogP contribution in [-0.4, -0.2) is 30.3 Å². The summed E-state index contributed by atoms with van der Waals surface area (Å²) >= 11 is 0. The molecule has 2 amide bonds. The first kappa shape index (κ1) is 14.0. The monoisotopic (exact) mass is 290 g/mol. The third-order valence-electron chi connectivity index (χ3n) is 4.38. The molecule has 2 fully saturated rings. The summed E-state index contributed by atoms with van der Waals surface area (Å²) in [5.41, 5.74) is 0.676. The average molecular weight is 290 g/mol. The van der Waals surface area contributed by atoms with Crippen LogP contribution in [0.5, 0.6) is 0 Å². The van der Waals surface area contributed by atoms with Gasteiger partial charge in [0.1, 0.15) is 5.82 Å². The molecule has 5 heteroatoms. The molecule has 4 nitrogen and oxygen atoms in total. The number of rotatable bonds is 4. The molecule has 2 atom stereocenters. The summed E-state index contributed by atoms with van der Waals surface area (Å²) in [7, 11) is 1.67. The molecule has 1 N–H and O–H groups in total. The molecule has 1 saturated carbocycles. The van der Waals surface area contributed by atoms with Gasteiger partial charge in [0.25, 0.3) is 0 Å². The van der Waals surface area contributed by atoms with Crippen LogP contribution in [0.2, 0.25) is 0 Å². The lowest BCUT2D eigenvalue weighted by molar-refractivity contribution is -0.128. The van der Waals surface area contributed by atoms with Crippen LogP contribution in [0.1, 0.15) is 30.9 Å². The average Bonchev–Trinajstić information content (AvgIpc) is 3.23. The molecule has 0 unspecified atom stereocenters. The highest BCUT2D eigenvalue weighted by Crippen LogP contribution is 2.37. The summed E-state index contributed by atoms with van der Waals surface area (Å²) in [6.45, 7) is 0.684. The second kappa shape index (κ2) is 5.47. The van der Waals surface area contributed by atoms with Gasteiger partial charge < -0.3 is 10.2 Å². The van der Waals surface area contributed by atoms with Crippen LogP contribution < -0.4 is 5.32 Å². The van der Waals surface area contributed by atoms with E-state index in [-0.39, 0.29) is 30.1 Å². The Kier molecular flexibility index (Phi) is 3.66. The van der Waals surface area contributed by atoms with E-state index in [0.29, 0.717) is 18.0 Å². The number of nitrogens with one attached hydrogen (secondary N) is 1. The third kappa shape index (κ3) is 2.91. The zero-order valence-electron chi connectivity index (χ0n) is 12.0. The van der Waals surface area contributed by atoms with Gasteiger partial charge in [-0.3, -0.25) is 9.59 Å². The van der Waals surface area contributed by atoms with Crippen LogP contribution in [0.25, 0.3) is 0 Å². The molecule has 1 aromatic rings. The molecule has 1 aliphatic carbocycles. The van der Waals surface area contributed by atoms with Crippen LogP contribution >= 0.6 is 0 Å². The Hall–Kier alpha value is -1.91. The maximum Gasteiger partial charge on any atom is 0.226 e. The van der Waals surface area contributed by atoms with Crippen molar-refractivity contribution in [2.24, 2.45) is 11.8 Å². The van der Waals surface area contributed by atoms with Crippen molar-refractivity contribution >= 4 is 11.8 Å². The molecule has 3 rings (SSSR count). The van der Waals surface area contributed by atoms with E-state index in [4.69, 9.17) is 0 Å². The lowest BCUT2D eigenvalue weighted by Crippen LogP contribution is -2.35. The van der Waals surface area contributed by atoms with E-state index in [0.717, 1.165) is 12.8 Å². The molecule has 0 bridgehead atoms. The van der Waals surface area contributed by atoms with Gasteiger partial charge in [0.2, 0.25) is 11.8 Å². The molecule has 0 radical (unpaired) electrons. The van der Waals surface area contributed by atoms with Crippen molar-refractivity contribution in [3.05, 3.63) is 35.6 Å². The maximum absolute atomic E-state index is 13.4. The molecule has 21 heavy (non-hydrogen) atoms. The Bertz CT molecular complexity index is 571. The highest BCUT2D eigenvalue weighted by Gasteiger charge is 2.42. The zero-order valence-corrected chi connectivity index (χ0v) is 12.0. The Morgan fingerprint density at radius 2 is 2.19 bits per heavy atom. The summed E-state index contributed by atoms with van der Waals surface area (Å²) in [5.74, 6) is -0.374. The number of halogens is 1. The normalized spacial score (nSPS) is 25.2. The molecule has 2 aliphatic rings. The van der Waals surface area contributed by atoms with Crippen LogP contribution in [-0.2, 0) is 9.59 Å². The van der Waals surface area contributed by atoms with E-state index in [1.165, 1.54) is 12.1 Å². The summed E-state index contributed by atoms with van der Waals surface area (Å²) in [5, 5.41) is 2.93. The Balaban J connectivity index is 1.79. The van der Waals surface area contributed by atoms with Gasteiger partial charge in [0, 0.05) is 20.0 Å². The molecule has 1 aromatic carbocycles. The minimum absolute atomic E-state index is 0.0733. The molecule has 0 aromatic heterocycles. The van der Waals surface area contributed by atoms with E-state index in [9.17, 15) is 14.0 Å². The first-order valence-electron chi connectivity index (χ1n) is 7.35. The number of likely N-dealkylation sites (tertiary alicyclic amines) is 1. The minimum Gasteiger partial charge on any atom is -0.355 e. The quantitative estimate of drug-likeness (QED) is 0.920. The van der Waals surface area contributed by atoms with Crippen molar-refractivity contribution in [2.75, 3.05) is 13.6 Å². The predicted octanol–water partition coefficient (Wildman–Crippen LogP) is 1.87. The number of carbonyl (C=O) groups is 2. The van der Waals surface area contributed by atoms with E-state index >= 15 is 0 Å². The molecule has 1 saturated heterocycles.